The van der Waals surface area contributed by atoms with Gasteiger partial charge in [0.25, 0.3) is 5.91 Å². The van der Waals surface area contributed by atoms with Gasteiger partial charge in [-0.1, -0.05) is 13.0 Å². The van der Waals surface area contributed by atoms with Crippen molar-refractivity contribution < 1.29 is 14.7 Å². The summed E-state index contributed by atoms with van der Waals surface area (Å²) in [5.74, 6) is -0.0955. The Kier molecular flexibility index (Phi) is 7.44. The van der Waals surface area contributed by atoms with E-state index in [1.807, 2.05) is 32.9 Å². The van der Waals surface area contributed by atoms with Gasteiger partial charge >= 0.3 is 6.03 Å². The van der Waals surface area contributed by atoms with Crippen LogP contribution in [0.3, 0.4) is 0 Å². The number of hydrogen-bond donors (Lipinski definition) is 3. The van der Waals surface area contributed by atoms with Crippen LogP contribution in [-0.4, -0.2) is 60.8 Å². The smallest absolute Gasteiger partial charge is 0.320 e. The summed E-state index contributed by atoms with van der Waals surface area (Å²) in [6.07, 6.45) is 4.72. The van der Waals surface area contributed by atoms with Gasteiger partial charge in [-0.15, -0.1) is 0 Å². The van der Waals surface area contributed by atoms with Gasteiger partial charge < -0.3 is 20.7 Å². The molecule has 1 aliphatic rings. The molecule has 3 amide bonds. The zero-order valence-corrected chi connectivity index (χ0v) is 21.8. The Balaban J connectivity index is 1.61. The highest BCUT2D eigenvalue weighted by Crippen LogP contribution is 2.36. The van der Waals surface area contributed by atoms with E-state index in [0.717, 1.165) is 22.5 Å². The number of hydrogen-bond acceptors (Lipinski definition) is 7. The third kappa shape index (κ3) is 5.12. The van der Waals surface area contributed by atoms with Crippen LogP contribution in [0.1, 0.15) is 41.9 Å². The largest absolute Gasteiger partial charge is 0.384 e. The lowest BCUT2D eigenvalue weighted by Gasteiger charge is -2.52. The zero-order valence-electron chi connectivity index (χ0n) is 21.8. The van der Waals surface area contributed by atoms with Gasteiger partial charge in [-0.3, -0.25) is 19.6 Å². The monoisotopic (exact) mass is 506 g/mol. The first-order valence-corrected chi connectivity index (χ1v) is 12.3. The number of likely N-dealkylation sites (N-methyl/N-ethyl adjacent to an activating group) is 1. The van der Waals surface area contributed by atoms with Crippen LogP contribution in [0.2, 0.25) is 0 Å². The number of aliphatic hydroxyl groups excluding tert-OH is 1. The summed E-state index contributed by atoms with van der Waals surface area (Å²) in [5, 5.41) is 14.1. The lowest BCUT2D eigenvalue weighted by molar-refractivity contribution is -0.164. The molecule has 0 radical (unpaired) electrons. The maximum Gasteiger partial charge on any atom is 0.320 e. The zero-order chi connectivity index (χ0) is 26.9. The molecule has 0 aliphatic carbocycles. The van der Waals surface area contributed by atoms with Crippen molar-refractivity contribution in [2.45, 2.75) is 51.9 Å². The van der Waals surface area contributed by atoms with Crippen molar-refractivity contribution in [3.8, 4) is 0 Å². The van der Waals surface area contributed by atoms with Crippen LogP contribution in [0.4, 0.5) is 16.6 Å². The summed E-state index contributed by atoms with van der Waals surface area (Å²) < 4.78 is 1.72. The summed E-state index contributed by atoms with van der Waals surface area (Å²) in [7, 11) is 3.40. The summed E-state index contributed by atoms with van der Waals surface area (Å²) in [6.45, 7) is 5.78. The molecule has 3 aromatic heterocycles. The third-order valence-electron chi connectivity index (χ3n) is 6.95. The molecule has 0 saturated carbocycles. The van der Waals surface area contributed by atoms with Gasteiger partial charge in [-0.2, -0.15) is 0 Å². The minimum Gasteiger partial charge on any atom is -0.384 e. The number of pyridine rings is 2. The topological polar surface area (TPSA) is 142 Å². The molecule has 196 valence electrons. The fourth-order valence-corrected chi connectivity index (χ4v) is 4.96. The van der Waals surface area contributed by atoms with Gasteiger partial charge in [0.15, 0.2) is 0 Å². The van der Waals surface area contributed by atoms with E-state index in [1.54, 1.807) is 49.4 Å². The van der Waals surface area contributed by atoms with Crippen LogP contribution in [0.5, 0.6) is 0 Å². The normalized spacial score (nSPS) is 19.7. The number of likely N-dealkylation sites (tertiary alicyclic amines) is 1. The van der Waals surface area contributed by atoms with E-state index in [9.17, 15) is 14.7 Å². The molecule has 1 fully saturated rings. The Labute approximate surface area is 216 Å². The second-order valence-corrected chi connectivity index (χ2v) is 9.50. The number of aliphatic hydroxyl groups is 1. The molecule has 4 N–H and O–H groups in total. The molecule has 1 unspecified atom stereocenters. The molecule has 0 spiro atoms. The standard InChI is InChI=1S/C26H34N8O3/c1-6-20(18-8-7-15(2)30-16(18)3)31-26(37)34-22(24(36)33(5)25-29-11-12-32(25)4)19(23(34)35)13-17-9-10-28-21(27)14-17/h7-12,14,19-20,22-23,35H,6,13H2,1-5H3,(H2,27,28)(H,31,37)/t19-,20-,22+,23?/m1/s1. The van der Waals surface area contributed by atoms with E-state index in [0.29, 0.717) is 24.6 Å². The first-order valence-electron chi connectivity index (χ1n) is 12.3. The van der Waals surface area contributed by atoms with E-state index in [1.165, 1.54) is 9.80 Å². The lowest BCUT2D eigenvalue weighted by Crippen LogP contribution is -2.72. The highest BCUT2D eigenvalue weighted by atomic mass is 16.3. The van der Waals surface area contributed by atoms with Crippen molar-refractivity contribution in [1.82, 2.24) is 29.7 Å². The Morgan fingerprint density at radius 3 is 2.59 bits per heavy atom. The number of nitrogens with zero attached hydrogens (tertiary/aromatic N) is 6. The fraction of sp³-hybridized carbons (Fsp3) is 0.423. The number of rotatable bonds is 7. The van der Waals surface area contributed by atoms with E-state index in [-0.39, 0.29) is 11.9 Å². The molecule has 0 aromatic carbocycles. The Bertz CT molecular complexity index is 1290. The predicted molar refractivity (Wildman–Crippen MR) is 139 cm³/mol. The summed E-state index contributed by atoms with van der Waals surface area (Å²) in [4.78, 5) is 42.6. The van der Waals surface area contributed by atoms with E-state index in [4.69, 9.17) is 5.73 Å². The first kappa shape index (κ1) is 26.1. The van der Waals surface area contributed by atoms with Crippen molar-refractivity contribution in [2.24, 2.45) is 13.0 Å². The second kappa shape index (κ2) is 10.6. The first-order chi connectivity index (χ1) is 17.6. The average molecular weight is 507 g/mol. The van der Waals surface area contributed by atoms with Crippen molar-refractivity contribution in [3.63, 3.8) is 0 Å². The van der Waals surface area contributed by atoms with Gasteiger partial charge in [0.2, 0.25) is 5.95 Å². The molecule has 3 aromatic rings. The minimum atomic E-state index is -1.16. The number of amides is 3. The SMILES string of the molecule is CC[C@@H](NC(=O)N1C(O)[C@H](Cc2ccnc(N)c2)[C@H]1C(=O)N(C)c1nccn1C)c1ccc(C)nc1C. The Hall–Kier alpha value is -3.99. The number of nitrogens with two attached hydrogens (primary N) is 1. The third-order valence-corrected chi connectivity index (χ3v) is 6.95. The second-order valence-electron chi connectivity index (χ2n) is 9.50. The average Bonchev–Trinajstić information content (AvgIpc) is 3.29. The van der Waals surface area contributed by atoms with Gasteiger partial charge in [-0.05, 0) is 56.0 Å². The molecule has 4 heterocycles. The number of nitrogen functional groups attached to an aromatic ring is 1. The van der Waals surface area contributed by atoms with Crippen LogP contribution < -0.4 is 16.0 Å². The van der Waals surface area contributed by atoms with Gasteiger partial charge in [0.05, 0.1) is 6.04 Å². The molecule has 11 heteroatoms. The lowest BCUT2D eigenvalue weighted by atomic mass is 9.80. The Morgan fingerprint density at radius 1 is 1.22 bits per heavy atom. The fourth-order valence-electron chi connectivity index (χ4n) is 4.96. The minimum absolute atomic E-state index is 0.324. The van der Waals surface area contributed by atoms with Crippen LogP contribution in [0.15, 0.2) is 42.9 Å². The number of anilines is 2. The van der Waals surface area contributed by atoms with E-state index >= 15 is 0 Å². The maximum absolute atomic E-state index is 13.7. The molecule has 4 rings (SSSR count). The maximum atomic E-state index is 13.7. The van der Waals surface area contributed by atoms with Crippen LogP contribution >= 0.6 is 0 Å². The highest BCUT2D eigenvalue weighted by Gasteiger charge is 2.55. The number of aryl methyl sites for hydroxylation is 3. The molecular weight excluding hydrogens is 472 g/mol. The molecule has 11 nitrogen and oxygen atoms in total. The molecule has 1 aliphatic heterocycles. The van der Waals surface area contributed by atoms with Crippen molar-refractivity contribution in [1.29, 1.82) is 0 Å². The molecular formula is C26H34N8O3. The Morgan fingerprint density at radius 2 is 1.97 bits per heavy atom. The van der Waals surface area contributed by atoms with Crippen LogP contribution in [0.25, 0.3) is 0 Å². The number of carbonyl (C=O) groups is 2. The van der Waals surface area contributed by atoms with Gasteiger partial charge in [-0.25, -0.2) is 14.8 Å². The van der Waals surface area contributed by atoms with E-state index < -0.39 is 24.2 Å². The van der Waals surface area contributed by atoms with Crippen LogP contribution in [0, 0.1) is 19.8 Å². The van der Waals surface area contributed by atoms with E-state index in [2.05, 4.69) is 20.3 Å². The number of carbonyl (C=O) groups excluding carboxylic acids is 2. The van der Waals surface area contributed by atoms with Crippen molar-refractivity contribution in [2.75, 3.05) is 17.7 Å². The van der Waals surface area contributed by atoms with Gasteiger partial charge in [0, 0.05) is 50.0 Å². The van der Waals surface area contributed by atoms with Gasteiger partial charge in [0.1, 0.15) is 18.1 Å². The number of imidazole rings is 1. The quantitative estimate of drug-likeness (QED) is 0.445. The molecule has 37 heavy (non-hydrogen) atoms. The number of urea groups is 1. The summed E-state index contributed by atoms with van der Waals surface area (Å²) in [5.41, 5.74) is 9.27. The number of aromatic nitrogens is 4. The summed E-state index contributed by atoms with van der Waals surface area (Å²) >= 11 is 0. The van der Waals surface area contributed by atoms with Crippen molar-refractivity contribution in [3.05, 3.63) is 65.4 Å². The predicted octanol–water partition coefficient (Wildman–Crippen LogP) is 2.09. The highest BCUT2D eigenvalue weighted by molar-refractivity contribution is 5.99. The number of nitrogens with one attached hydrogen (secondary N) is 1. The van der Waals surface area contributed by atoms with Crippen LogP contribution in [-0.2, 0) is 18.3 Å². The molecule has 4 atom stereocenters. The molecule has 0 bridgehead atoms. The summed E-state index contributed by atoms with van der Waals surface area (Å²) in [6, 6.07) is 5.61. The molecule has 1 saturated heterocycles. The van der Waals surface area contributed by atoms with Crippen molar-refractivity contribution >= 4 is 23.7 Å².